The maximum absolute atomic E-state index is 12.9. The number of para-hydroxylation sites is 1. The molecule has 3 rings (SSSR count). The molecular weight excluding hydrogens is 320 g/mol. The fourth-order valence-electron chi connectivity index (χ4n) is 3.32. The van der Waals surface area contributed by atoms with E-state index in [2.05, 4.69) is 5.32 Å². The number of nitrogens with zero attached hydrogens (tertiary/aromatic N) is 1. The predicted molar refractivity (Wildman–Crippen MR) is 94.3 cm³/mol. The molecule has 1 aromatic carbocycles. The fourth-order valence-corrected chi connectivity index (χ4v) is 3.32. The van der Waals surface area contributed by atoms with Gasteiger partial charge < -0.3 is 19.7 Å². The van der Waals surface area contributed by atoms with Crippen LogP contribution in [0.5, 0.6) is 0 Å². The molecule has 2 aliphatic heterocycles. The minimum Gasteiger partial charge on any atom is -0.368 e. The van der Waals surface area contributed by atoms with Crippen LogP contribution >= 0.6 is 0 Å². The first-order valence-electron chi connectivity index (χ1n) is 9.05. The molecule has 136 valence electrons. The standard InChI is InChI=1S/C19H26N2O4/c1-14(20-18(22)16-9-5-11-24-16)13-21(15-7-3-2-4-8-15)19(23)17-10-6-12-25-17/h2-4,7-8,14,16-17H,5-6,9-13H2,1H3,(H,20,22)/t14-,16+,17+/m1/s1. The van der Waals surface area contributed by atoms with Crippen LogP contribution in [0.3, 0.4) is 0 Å². The van der Waals surface area contributed by atoms with E-state index in [1.165, 1.54) is 0 Å². The Morgan fingerprint density at radius 1 is 1.12 bits per heavy atom. The van der Waals surface area contributed by atoms with Crippen molar-refractivity contribution < 1.29 is 19.1 Å². The van der Waals surface area contributed by atoms with Crippen molar-refractivity contribution in [3.8, 4) is 0 Å². The number of nitrogens with one attached hydrogen (secondary N) is 1. The van der Waals surface area contributed by atoms with Crippen molar-refractivity contribution in [2.45, 2.75) is 50.9 Å². The van der Waals surface area contributed by atoms with E-state index in [4.69, 9.17) is 9.47 Å². The molecule has 3 atom stereocenters. The second kappa shape index (κ2) is 8.45. The van der Waals surface area contributed by atoms with Gasteiger partial charge in [-0.2, -0.15) is 0 Å². The largest absolute Gasteiger partial charge is 0.368 e. The first-order chi connectivity index (χ1) is 12.1. The molecule has 0 spiro atoms. The Morgan fingerprint density at radius 3 is 2.36 bits per heavy atom. The van der Waals surface area contributed by atoms with Crippen LogP contribution in [-0.2, 0) is 19.1 Å². The summed E-state index contributed by atoms with van der Waals surface area (Å²) >= 11 is 0. The summed E-state index contributed by atoms with van der Waals surface area (Å²) in [5.41, 5.74) is 0.821. The highest BCUT2D eigenvalue weighted by Crippen LogP contribution is 2.21. The smallest absolute Gasteiger partial charge is 0.256 e. The lowest BCUT2D eigenvalue weighted by Gasteiger charge is -2.29. The number of ether oxygens (including phenoxy) is 2. The molecule has 0 radical (unpaired) electrons. The molecule has 0 bridgehead atoms. The van der Waals surface area contributed by atoms with Crippen LogP contribution in [0.4, 0.5) is 5.69 Å². The predicted octanol–water partition coefficient (Wildman–Crippen LogP) is 1.88. The quantitative estimate of drug-likeness (QED) is 0.854. The van der Waals surface area contributed by atoms with Crippen LogP contribution in [0.2, 0.25) is 0 Å². The highest BCUT2D eigenvalue weighted by Gasteiger charge is 2.31. The third kappa shape index (κ3) is 4.58. The summed E-state index contributed by atoms with van der Waals surface area (Å²) in [6, 6.07) is 9.35. The SMILES string of the molecule is C[C@H](CN(C(=O)[C@@H]1CCCO1)c1ccccc1)NC(=O)[C@@H]1CCCO1. The molecular formula is C19H26N2O4. The van der Waals surface area contributed by atoms with Crippen molar-refractivity contribution >= 4 is 17.5 Å². The maximum atomic E-state index is 12.9. The van der Waals surface area contributed by atoms with Gasteiger partial charge >= 0.3 is 0 Å². The van der Waals surface area contributed by atoms with E-state index in [1.54, 1.807) is 4.90 Å². The molecule has 2 amide bonds. The molecule has 0 aliphatic carbocycles. The van der Waals surface area contributed by atoms with E-state index in [1.807, 2.05) is 37.3 Å². The van der Waals surface area contributed by atoms with E-state index in [-0.39, 0.29) is 30.1 Å². The molecule has 1 aromatic rings. The molecule has 0 unspecified atom stereocenters. The molecule has 25 heavy (non-hydrogen) atoms. The molecule has 6 nitrogen and oxygen atoms in total. The van der Waals surface area contributed by atoms with Crippen LogP contribution in [0.15, 0.2) is 30.3 Å². The molecule has 2 heterocycles. The number of benzene rings is 1. The second-order valence-corrected chi connectivity index (χ2v) is 6.70. The van der Waals surface area contributed by atoms with Gasteiger partial charge in [-0.3, -0.25) is 9.59 Å². The number of amides is 2. The fraction of sp³-hybridized carbons (Fsp3) is 0.579. The number of hydrogen-bond donors (Lipinski definition) is 1. The Bertz CT molecular complexity index is 580. The first-order valence-corrected chi connectivity index (χ1v) is 9.05. The number of carbonyl (C=O) groups is 2. The van der Waals surface area contributed by atoms with E-state index in [0.717, 1.165) is 31.4 Å². The third-order valence-electron chi connectivity index (χ3n) is 4.61. The van der Waals surface area contributed by atoms with E-state index in [0.29, 0.717) is 19.8 Å². The molecule has 1 N–H and O–H groups in total. The molecule has 2 aliphatic rings. The molecule has 2 fully saturated rings. The van der Waals surface area contributed by atoms with E-state index < -0.39 is 0 Å². The van der Waals surface area contributed by atoms with Crippen molar-refractivity contribution in [1.82, 2.24) is 5.32 Å². The van der Waals surface area contributed by atoms with Crippen LogP contribution in [0.25, 0.3) is 0 Å². The highest BCUT2D eigenvalue weighted by atomic mass is 16.5. The monoisotopic (exact) mass is 346 g/mol. The third-order valence-corrected chi connectivity index (χ3v) is 4.61. The van der Waals surface area contributed by atoms with Gasteiger partial charge in [0.15, 0.2) is 0 Å². The zero-order chi connectivity index (χ0) is 17.6. The van der Waals surface area contributed by atoms with E-state index in [9.17, 15) is 9.59 Å². The van der Waals surface area contributed by atoms with Crippen molar-refractivity contribution in [1.29, 1.82) is 0 Å². The summed E-state index contributed by atoms with van der Waals surface area (Å²) in [4.78, 5) is 26.8. The van der Waals surface area contributed by atoms with Gasteiger partial charge in [-0.15, -0.1) is 0 Å². The molecule has 0 aromatic heterocycles. The van der Waals surface area contributed by atoms with Crippen LogP contribution in [-0.4, -0.2) is 49.8 Å². The molecule has 2 saturated heterocycles. The zero-order valence-electron chi connectivity index (χ0n) is 14.6. The zero-order valence-corrected chi connectivity index (χ0v) is 14.6. The summed E-state index contributed by atoms with van der Waals surface area (Å²) in [6.07, 6.45) is 2.58. The topological polar surface area (TPSA) is 67.9 Å². The van der Waals surface area contributed by atoms with Gasteiger partial charge in [0.05, 0.1) is 0 Å². The first kappa shape index (κ1) is 17.9. The maximum Gasteiger partial charge on any atom is 0.256 e. The normalized spacial score (nSPS) is 24.0. The van der Waals surface area contributed by atoms with Crippen LogP contribution < -0.4 is 10.2 Å². The highest BCUT2D eigenvalue weighted by molar-refractivity contribution is 5.96. The average molecular weight is 346 g/mol. The van der Waals surface area contributed by atoms with Gasteiger partial charge in [-0.05, 0) is 44.7 Å². The number of hydrogen-bond acceptors (Lipinski definition) is 4. The summed E-state index contributed by atoms with van der Waals surface area (Å²) in [7, 11) is 0. The molecule has 0 saturated carbocycles. The van der Waals surface area contributed by atoms with Gasteiger partial charge in [-0.1, -0.05) is 18.2 Å². The summed E-state index contributed by atoms with van der Waals surface area (Å²) in [5.74, 6) is -0.135. The van der Waals surface area contributed by atoms with Crippen LogP contribution in [0.1, 0.15) is 32.6 Å². The van der Waals surface area contributed by atoms with Gasteiger partial charge in [-0.25, -0.2) is 0 Å². The van der Waals surface area contributed by atoms with Gasteiger partial charge in [0, 0.05) is 31.5 Å². The number of rotatable bonds is 6. The lowest BCUT2D eigenvalue weighted by molar-refractivity contribution is -0.131. The Kier molecular flexibility index (Phi) is 6.04. The number of carbonyl (C=O) groups excluding carboxylic acids is 2. The van der Waals surface area contributed by atoms with Gasteiger partial charge in [0.1, 0.15) is 12.2 Å². The van der Waals surface area contributed by atoms with Gasteiger partial charge in [0.25, 0.3) is 5.91 Å². The Labute approximate surface area is 148 Å². The Morgan fingerprint density at radius 2 is 1.76 bits per heavy atom. The average Bonchev–Trinajstić information content (AvgIpc) is 3.33. The summed E-state index contributed by atoms with van der Waals surface area (Å²) in [5, 5.41) is 2.97. The summed E-state index contributed by atoms with van der Waals surface area (Å²) in [6.45, 7) is 3.58. The molecule has 6 heteroatoms. The lowest BCUT2D eigenvalue weighted by Crippen LogP contribution is -2.49. The Balaban J connectivity index is 1.66. The van der Waals surface area contributed by atoms with Crippen molar-refractivity contribution in [2.75, 3.05) is 24.7 Å². The lowest BCUT2D eigenvalue weighted by atomic mass is 10.1. The Hall–Kier alpha value is -1.92. The minimum absolute atomic E-state index is 0.0399. The van der Waals surface area contributed by atoms with Gasteiger partial charge in [0.2, 0.25) is 5.91 Å². The van der Waals surface area contributed by atoms with E-state index >= 15 is 0 Å². The van der Waals surface area contributed by atoms with Crippen molar-refractivity contribution in [3.63, 3.8) is 0 Å². The van der Waals surface area contributed by atoms with Crippen molar-refractivity contribution in [3.05, 3.63) is 30.3 Å². The van der Waals surface area contributed by atoms with Crippen molar-refractivity contribution in [2.24, 2.45) is 0 Å². The summed E-state index contributed by atoms with van der Waals surface area (Å²) < 4.78 is 11.0. The minimum atomic E-state index is -0.388. The number of anilines is 1. The second-order valence-electron chi connectivity index (χ2n) is 6.70. The van der Waals surface area contributed by atoms with Crippen LogP contribution in [0, 0.1) is 0 Å².